The number of nitrogens with zero attached hydrogens (tertiary/aromatic N) is 1. The van der Waals surface area contributed by atoms with Crippen LogP contribution in [0.3, 0.4) is 0 Å². The standard InChI is InChI=1S/C17H20FNO/c1-17(2)9-15-14(16(20)10-17)6-7-19(15)11-12-4-3-5-13(18)8-12/h3-8,16,20H,9-11H2,1-2H3. The smallest absolute Gasteiger partial charge is 0.123 e. The molecule has 2 aromatic rings. The Morgan fingerprint density at radius 3 is 2.90 bits per heavy atom. The Kier molecular flexibility index (Phi) is 3.17. The average Bonchev–Trinajstić information content (AvgIpc) is 2.71. The zero-order valence-corrected chi connectivity index (χ0v) is 11.9. The molecule has 106 valence electrons. The third-order valence-corrected chi connectivity index (χ3v) is 4.11. The number of hydrogen-bond donors (Lipinski definition) is 1. The van der Waals surface area contributed by atoms with Crippen molar-refractivity contribution in [2.75, 3.05) is 0 Å². The third-order valence-electron chi connectivity index (χ3n) is 4.11. The first-order valence-electron chi connectivity index (χ1n) is 7.05. The number of hydrogen-bond acceptors (Lipinski definition) is 1. The van der Waals surface area contributed by atoms with E-state index < -0.39 is 0 Å². The van der Waals surface area contributed by atoms with Crippen molar-refractivity contribution in [3.63, 3.8) is 0 Å². The van der Waals surface area contributed by atoms with Crippen LogP contribution in [-0.2, 0) is 13.0 Å². The molecule has 1 aliphatic rings. The van der Waals surface area contributed by atoms with E-state index in [1.807, 2.05) is 18.3 Å². The van der Waals surface area contributed by atoms with Gasteiger partial charge in [0.2, 0.25) is 0 Å². The van der Waals surface area contributed by atoms with Gasteiger partial charge in [-0.25, -0.2) is 4.39 Å². The van der Waals surface area contributed by atoms with Crippen LogP contribution in [0.5, 0.6) is 0 Å². The summed E-state index contributed by atoms with van der Waals surface area (Å²) in [6.07, 6.45) is 3.36. The van der Waals surface area contributed by atoms with Gasteiger partial charge in [0.05, 0.1) is 6.10 Å². The topological polar surface area (TPSA) is 25.2 Å². The fourth-order valence-corrected chi connectivity index (χ4v) is 3.17. The Labute approximate surface area is 118 Å². The number of aliphatic hydroxyl groups excluding tert-OH is 1. The SMILES string of the molecule is CC1(C)Cc2c(ccn2Cc2cccc(F)c2)C(O)C1. The lowest BCUT2D eigenvalue weighted by molar-refractivity contribution is 0.0981. The van der Waals surface area contributed by atoms with E-state index in [0.29, 0.717) is 6.54 Å². The molecule has 1 aromatic heterocycles. The molecule has 0 saturated carbocycles. The minimum Gasteiger partial charge on any atom is -0.388 e. The van der Waals surface area contributed by atoms with Crippen molar-refractivity contribution in [3.8, 4) is 0 Å². The molecule has 1 heterocycles. The molecule has 0 fully saturated rings. The Bertz CT molecular complexity index is 630. The van der Waals surface area contributed by atoms with Crippen LogP contribution in [0.4, 0.5) is 4.39 Å². The predicted molar refractivity (Wildman–Crippen MR) is 77.0 cm³/mol. The molecule has 1 aliphatic carbocycles. The third kappa shape index (κ3) is 2.50. The summed E-state index contributed by atoms with van der Waals surface area (Å²) in [5, 5.41) is 10.2. The molecule has 0 aliphatic heterocycles. The Balaban J connectivity index is 1.93. The minimum absolute atomic E-state index is 0.102. The highest BCUT2D eigenvalue weighted by Gasteiger charge is 2.33. The summed E-state index contributed by atoms with van der Waals surface area (Å²) in [6, 6.07) is 8.69. The maximum Gasteiger partial charge on any atom is 0.123 e. The normalized spacial score (nSPS) is 20.7. The lowest BCUT2D eigenvalue weighted by Gasteiger charge is -2.34. The molecule has 0 spiro atoms. The minimum atomic E-state index is -0.387. The Morgan fingerprint density at radius 2 is 2.15 bits per heavy atom. The fourth-order valence-electron chi connectivity index (χ4n) is 3.17. The van der Waals surface area contributed by atoms with Crippen molar-refractivity contribution in [2.45, 2.75) is 39.3 Å². The van der Waals surface area contributed by atoms with E-state index in [1.54, 1.807) is 12.1 Å². The molecule has 1 atom stereocenters. The summed E-state index contributed by atoms with van der Waals surface area (Å²) in [4.78, 5) is 0. The van der Waals surface area contributed by atoms with Crippen LogP contribution < -0.4 is 0 Å². The maximum atomic E-state index is 13.3. The lowest BCUT2D eigenvalue weighted by Crippen LogP contribution is -2.26. The number of rotatable bonds is 2. The summed E-state index contributed by atoms with van der Waals surface area (Å²) in [5.41, 5.74) is 3.25. The monoisotopic (exact) mass is 273 g/mol. The number of halogens is 1. The summed E-state index contributed by atoms with van der Waals surface area (Å²) < 4.78 is 15.4. The Hall–Kier alpha value is -1.61. The van der Waals surface area contributed by atoms with Crippen LogP contribution in [0, 0.1) is 11.2 Å². The highest BCUT2D eigenvalue weighted by atomic mass is 19.1. The summed E-state index contributed by atoms with van der Waals surface area (Å²) in [7, 11) is 0. The first kappa shape index (κ1) is 13.4. The largest absolute Gasteiger partial charge is 0.388 e. The molecule has 1 aromatic carbocycles. The van der Waals surface area contributed by atoms with Crippen molar-refractivity contribution >= 4 is 0 Å². The quantitative estimate of drug-likeness (QED) is 0.887. The number of aliphatic hydroxyl groups is 1. The average molecular weight is 273 g/mol. The lowest BCUT2D eigenvalue weighted by atomic mass is 9.75. The fraction of sp³-hybridized carbons (Fsp3) is 0.412. The van der Waals surface area contributed by atoms with E-state index in [4.69, 9.17) is 0 Å². The van der Waals surface area contributed by atoms with Crippen molar-refractivity contribution in [3.05, 3.63) is 59.2 Å². The van der Waals surface area contributed by atoms with Crippen LogP contribution in [0.1, 0.15) is 43.2 Å². The van der Waals surface area contributed by atoms with Crippen molar-refractivity contribution in [1.29, 1.82) is 0 Å². The van der Waals surface area contributed by atoms with Crippen molar-refractivity contribution < 1.29 is 9.50 Å². The van der Waals surface area contributed by atoms with Gasteiger partial charge in [-0.05, 0) is 42.0 Å². The van der Waals surface area contributed by atoms with Crippen LogP contribution >= 0.6 is 0 Å². The molecular weight excluding hydrogens is 253 g/mol. The zero-order valence-electron chi connectivity index (χ0n) is 11.9. The van der Waals surface area contributed by atoms with E-state index in [-0.39, 0.29) is 17.3 Å². The van der Waals surface area contributed by atoms with Gasteiger partial charge >= 0.3 is 0 Å². The van der Waals surface area contributed by atoms with Crippen LogP contribution in [-0.4, -0.2) is 9.67 Å². The first-order chi connectivity index (χ1) is 9.44. The molecule has 0 bridgehead atoms. The highest BCUT2D eigenvalue weighted by Crippen LogP contribution is 2.41. The molecule has 20 heavy (non-hydrogen) atoms. The molecule has 2 nitrogen and oxygen atoms in total. The van der Waals surface area contributed by atoms with Crippen LogP contribution in [0.2, 0.25) is 0 Å². The molecule has 0 saturated heterocycles. The summed E-state index contributed by atoms with van der Waals surface area (Å²) >= 11 is 0. The molecule has 0 radical (unpaired) electrons. The summed E-state index contributed by atoms with van der Waals surface area (Å²) in [5.74, 6) is -0.205. The van der Waals surface area contributed by atoms with Crippen molar-refractivity contribution in [1.82, 2.24) is 4.57 Å². The molecular formula is C17H20FNO. The van der Waals surface area contributed by atoms with Gasteiger partial charge in [-0.2, -0.15) is 0 Å². The summed E-state index contributed by atoms with van der Waals surface area (Å²) in [6.45, 7) is 5.01. The van der Waals surface area contributed by atoms with Gasteiger partial charge < -0.3 is 9.67 Å². The van der Waals surface area contributed by atoms with E-state index >= 15 is 0 Å². The second-order valence-corrected chi connectivity index (χ2v) is 6.54. The maximum absolute atomic E-state index is 13.3. The van der Waals surface area contributed by atoms with Gasteiger partial charge in [-0.15, -0.1) is 0 Å². The Morgan fingerprint density at radius 1 is 1.35 bits per heavy atom. The highest BCUT2D eigenvalue weighted by molar-refractivity contribution is 5.30. The van der Waals surface area contributed by atoms with Gasteiger partial charge in [0.25, 0.3) is 0 Å². The van der Waals surface area contributed by atoms with E-state index in [2.05, 4.69) is 18.4 Å². The predicted octanol–water partition coefficient (Wildman–Crippen LogP) is 3.68. The van der Waals surface area contributed by atoms with E-state index in [1.165, 1.54) is 11.8 Å². The zero-order chi connectivity index (χ0) is 14.3. The van der Waals surface area contributed by atoms with Gasteiger partial charge in [-0.3, -0.25) is 0 Å². The molecule has 3 heteroatoms. The second-order valence-electron chi connectivity index (χ2n) is 6.54. The van der Waals surface area contributed by atoms with Gasteiger partial charge in [0, 0.05) is 24.0 Å². The number of aromatic nitrogens is 1. The second kappa shape index (κ2) is 4.74. The number of benzene rings is 1. The van der Waals surface area contributed by atoms with Crippen molar-refractivity contribution in [2.24, 2.45) is 5.41 Å². The number of fused-ring (bicyclic) bond motifs is 1. The van der Waals surface area contributed by atoms with E-state index in [0.717, 1.165) is 24.0 Å². The first-order valence-corrected chi connectivity index (χ1v) is 7.05. The van der Waals surface area contributed by atoms with Gasteiger partial charge in [0.1, 0.15) is 5.82 Å². The van der Waals surface area contributed by atoms with Gasteiger partial charge in [-0.1, -0.05) is 26.0 Å². The molecule has 0 amide bonds. The van der Waals surface area contributed by atoms with Gasteiger partial charge in [0.15, 0.2) is 0 Å². The molecule has 3 rings (SSSR count). The van der Waals surface area contributed by atoms with Crippen LogP contribution in [0.15, 0.2) is 36.5 Å². The van der Waals surface area contributed by atoms with Crippen LogP contribution in [0.25, 0.3) is 0 Å². The van der Waals surface area contributed by atoms with E-state index in [9.17, 15) is 9.50 Å². The molecule has 1 N–H and O–H groups in total. The molecule has 1 unspecified atom stereocenters.